The van der Waals surface area contributed by atoms with Crippen LogP contribution < -0.4 is 0 Å². The van der Waals surface area contributed by atoms with Crippen LogP contribution in [0.15, 0.2) is 0 Å². The summed E-state index contributed by atoms with van der Waals surface area (Å²) in [6.45, 7) is 4.91. The van der Waals surface area contributed by atoms with E-state index in [1.165, 1.54) is 12.8 Å². The van der Waals surface area contributed by atoms with Crippen molar-refractivity contribution >= 4 is 5.78 Å². The standard InChI is InChI=1S/C9H14O2.C2H6/c10-8-2-5-9(6-3-8)4-1-7-11-9;1-2/h1-7H2;1-2H3. The van der Waals surface area contributed by atoms with Gasteiger partial charge in [0.15, 0.2) is 0 Å². The summed E-state index contributed by atoms with van der Waals surface area (Å²) in [6, 6.07) is 0. The molecule has 0 amide bonds. The lowest BCUT2D eigenvalue weighted by molar-refractivity contribution is -0.126. The summed E-state index contributed by atoms with van der Waals surface area (Å²) in [4.78, 5) is 10.9. The lowest BCUT2D eigenvalue weighted by atomic mass is 9.82. The molecule has 2 heteroatoms. The third kappa shape index (κ3) is 2.53. The van der Waals surface area contributed by atoms with Gasteiger partial charge in [0.2, 0.25) is 0 Å². The van der Waals surface area contributed by atoms with Crippen LogP contribution in [0.25, 0.3) is 0 Å². The molecule has 0 bridgehead atoms. The summed E-state index contributed by atoms with van der Waals surface area (Å²) in [7, 11) is 0. The maximum Gasteiger partial charge on any atom is 0.133 e. The highest BCUT2D eigenvalue weighted by Crippen LogP contribution is 2.37. The predicted molar refractivity (Wildman–Crippen MR) is 52.7 cm³/mol. The van der Waals surface area contributed by atoms with Crippen molar-refractivity contribution in [2.75, 3.05) is 6.61 Å². The van der Waals surface area contributed by atoms with E-state index in [-0.39, 0.29) is 5.60 Å². The Labute approximate surface area is 80.7 Å². The molecule has 0 aromatic heterocycles. The Balaban J connectivity index is 0.000000396. The zero-order valence-corrected chi connectivity index (χ0v) is 8.77. The number of rotatable bonds is 0. The van der Waals surface area contributed by atoms with Gasteiger partial charge in [-0.2, -0.15) is 0 Å². The summed E-state index contributed by atoms with van der Waals surface area (Å²) in [6.07, 6.45) is 5.83. The molecule has 0 unspecified atom stereocenters. The topological polar surface area (TPSA) is 26.3 Å². The van der Waals surface area contributed by atoms with Gasteiger partial charge < -0.3 is 4.74 Å². The van der Waals surface area contributed by atoms with Gasteiger partial charge in [-0.15, -0.1) is 0 Å². The maximum absolute atomic E-state index is 10.9. The Hall–Kier alpha value is -0.370. The minimum atomic E-state index is 0.133. The van der Waals surface area contributed by atoms with E-state index in [0.29, 0.717) is 5.78 Å². The Bertz CT molecular complexity index is 157. The van der Waals surface area contributed by atoms with E-state index in [0.717, 1.165) is 32.3 Å². The molecule has 1 saturated heterocycles. The number of ether oxygens (including phenoxy) is 1. The fraction of sp³-hybridized carbons (Fsp3) is 0.909. The van der Waals surface area contributed by atoms with Gasteiger partial charge >= 0.3 is 0 Å². The molecular weight excluding hydrogens is 164 g/mol. The molecule has 1 aliphatic heterocycles. The molecule has 1 spiro atoms. The van der Waals surface area contributed by atoms with Crippen LogP contribution in [0.2, 0.25) is 0 Å². The quantitative estimate of drug-likeness (QED) is 0.578. The van der Waals surface area contributed by atoms with Gasteiger partial charge in [0, 0.05) is 19.4 Å². The van der Waals surface area contributed by atoms with Crippen LogP contribution in [0, 0.1) is 0 Å². The van der Waals surface area contributed by atoms with Crippen LogP contribution in [0.1, 0.15) is 52.4 Å². The average molecular weight is 184 g/mol. The largest absolute Gasteiger partial charge is 0.375 e. The Morgan fingerprint density at radius 2 is 1.77 bits per heavy atom. The van der Waals surface area contributed by atoms with Gasteiger partial charge in [-0.3, -0.25) is 4.79 Å². The summed E-state index contributed by atoms with van der Waals surface area (Å²) >= 11 is 0. The van der Waals surface area contributed by atoms with E-state index >= 15 is 0 Å². The Morgan fingerprint density at radius 3 is 2.23 bits per heavy atom. The Kier molecular flexibility index (Phi) is 3.91. The van der Waals surface area contributed by atoms with Crippen molar-refractivity contribution in [1.29, 1.82) is 0 Å². The fourth-order valence-corrected chi connectivity index (χ4v) is 2.13. The number of hydrogen-bond donors (Lipinski definition) is 0. The van der Waals surface area contributed by atoms with Crippen LogP contribution in [0.3, 0.4) is 0 Å². The van der Waals surface area contributed by atoms with Gasteiger partial charge in [0.05, 0.1) is 5.60 Å². The second kappa shape index (κ2) is 4.75. The van der Waals surface area contributed by atoms with Crippen molar-refractivity contribution in [1.82, 2.24) is 0 Å². The highest BCUT2D eigenvalue weighted by atomic mass is 16.5. The molecule has 0 aromatic carbocycles. The van der Waals surface area contributed by atoms with Crippen LogP contribution >= 0.6 is 0 Å². The van der Waals surface area contributed by atoms with Crippen molar-refractivity contribution in [3.63, 3.8) is 0 Å². The SMILES string of the molecule is CC.O=C1CCC2(CCCO2)CC1. The second-order valence-corrected chi connectivity index (χ2v) is 3.67. The molecule has 1 aliphatic carbocycles. The number of hydrogen-bond acceptors (Lipinski definition) is 2. The number of ketones is 1. The normalized spacial score (nSPS) is 25.5. The van der Waals surface area contributed by atoms with E-state index in [1.54, 1.807) is 0 Å². The minimum Gasteiger partial charge on any atom is -0.375 e. The monoisotopic (exact) mass is 184 g/mol. The van der Waals surface area contributed by atoms with Crippen molar-refractivity contribution in [3.8, 4) is 0 Å². The van der Waals surface area contributed by atoms with Gasteiger partial charge in [-0.05, 0) is 25.7 Å². The van der Waals surface area contributed by atoms with Crippen molar-refractivity contribution in [2.45, 2.75) is 58.0 Å². The van der Waals surface area contributed by atoms with E-state index < -0.39 is 0 Å². The molecule has 0 aromatic rings. The first kappa shape index (κ1) is 10.7. The summed E-state index contributed by atoms with van der Waals surface area (Å²) < 4.78 is 5.68. The lowest BCUT2D eigenvalue weighted by Gasteiger charge is -2.31. The molecule has 76 valence electrons. The average Bonchev–Trinajstić information content (AvgIpc) is 2.63. The fourth-order valence-electron chi connectivity index (χ4n) is 2.13. The first-order chi connectivity index (χ1) is 6.31. The predicted octanol–water partition coefficient (Wildman–Crippen LogP) is 2.70. The molecule has 13 heavy (non-hydrogen) atoms. The summed E-state index contributed by atoms with van der Waals surface area (Å²) in [5.74, 6) is 0.422. The molecule has 2 aliphatic rings. The van der Waals surface area contributed by atoms with E-state index in [1.807, 2.05) is 13.8 Å². The molecule has 0 N–H and O–H groups in total. The minimum absolute atomic E-state index is 0.133. The summed E-state index contributed by atoms with van der Waals surface area (Å²) in [5, 5.41) is 0. The first-order valence-electron chi connectivity index (χ1n) is 5.46. The van der Waals surface area contributed by atoms with E-state index in [9.17, 15) is 4.79 Å². The molecule has 2 rings (SSSR count). The van der Waals surface area contributed by atoms with Crippen molar-refractivity contribution < 1.29 is 9.53 Å². The van der Waals surface area contributed by atoms with Gasteiger partial charge in [0.25, 0.3) is 0 Å². The molecule has 2 nitrogen and oxygen atoms in total. The first-order valence-corrected chi connectivity index (χ1v) is 5.46. The molecule has 0 atom stereocenters. The highest BCUT2D eigenvalue weighted by molar-refractivity contribution is 5.79. The van der Waals surface area contributed by atoms with E-state index in [4.69, 9.17) is 4.74 Å². The van der Waals surface area contributed by atoms with E-state index in [2.05, 4.69) is 0 Å². The number of carbonyl (C=O) groups excluding carboxylic acids is 1. The third-order valence-electron chi connectivity index (χ3n) is 2.90. The van der Waals surface area contributed by atoms with Crippen molar-refractivity contribution in [2.24, 2.45) is 0 Å². The van der Waals surface area contributed by atoms with Gasteiger partial charge in [0.1, 0.15) is 5.78 Å². The highest BCUT2D eigenvalue weighted by Gasteiger charge is 2.38. The van der Waals surface area contributed by atoms with Gasteiger partial charge in [-0.1, -0.05) is 13.8 Å². The third-order valence-corrected chi connectivity index (χ3v) is 2.90. The summed E-state index contributed by atoms with van der Waals surface area (Å²) in [5.41, 5.74) is 0.133. The second-order valence-electron chi connectivity index (χ2n) is 3.67. The molecular formula is C11H20O2. The smallest absolute Gasteiger partial charge is 0.133 e. The van der Waals surface area contributed by atoms with Crippen LogP contribution in [-0.2, 0) is 9.53 Å². The zero-order chi connectivity index (χ0) is 9.73. The van der Waals surface area contributed by atoms with Crippen molar-refractivity contribution in [3.05, 3.63) is 0 Å². The maximum atomic E-state index is 10.9. The number of Topliss-reactive ketones (excluding diaryl/α,β-unsaturated/α-hetero) is 1. The molecule has 2 fully saturated rings. The molecule has 1 saturated carbocycles. The van der Waals surface area contributed by atoms with Crippen LogP contribution in [-0.4, -0.2) is 18.0 Å². The zero-order valence-electron chi connectivity index (χ0n) is 8.77. The van der Waals surface area contributed by atoms with Gasteiger partial charge in [-0.25, -0.2) is 0 Å². The Morgan fingerprint density at radius 1 is 1.15 bits per heavy atom. The lowest BCUT2D eigenvalue weighted by Crippen LogP contribution is -2.33. The van der Waals surface area contributed by atoms with Crippen LogP contribution in [0.4, 0.5) is 0 Å². The number of carbonyl (C=O) groups is 1. The molecule has 1 heterocycles. The molecule has 0 radical (unpaired) electrons. The van der Waals surface area contributed by atoms with Crippen LogP contribution in [0.5, 0.6) is 0 Å².